The number of carbonyl (C=O) groups excluding carboxylic acids is 2. The van der Waals surface area contributed by atoms with Crippen molar-refractivity contribution in [1.29, 1.82) is 0 Å². The predicted octanol–water partition coefficient (Wildman–Crippen LogP) is 4.87. The quantitative estimate of drug-likeness (QED) is 0.638. The molecule has 0 aliphatic carbocycles. The number of nitrogens with one attached hydrogen (secondary N) is 1. The molecule has 1 unspecified atom stereocenters. The van der Waals surface area contributed by atoms with Gasteiger partial charge in [-0.1, -0.05) is 24.3 Å². The van der Waals surface area contributed by atoms with Crippen LogP contribution in [0.25, 0.3) is 0 Å². The molecule has 0 radical (unpaired) electrons. The first kappa shape index (κ1) is 20.0. The second kappa shape index (κ2) is 8.59. The fraction of sp³-hybridized carbons (Fsp3) is 0.130. The van der Waals surface area contributed by atoms with Crippen LogP contribution in [0.3, 0.4) is 0 Å². The van der Waals surface area contributed by atoms with Crippen molar-refractivity contribution in [2.45, 2.75) is 5.37 Å². The van der Waals surface area contributed by atoms with Crippen molar-refractivity contribution in [3.63, 3.8) is 0 Å². The maximum absolute atomic E-state index is 13.3. The molecule has 1 aliphatic rings. The fourth-order valence-electron chi connectivity index (χ4n) is 3.27. The number of carbonyl (C=O) groups is 2. The molecule has 3 aromatic rings. The minimum absolute atomic E-state index is 0.0294. The van der Waals surface area contributed by atoms with Crippen molar-refractivity contribution in [1.82, 2.24) is 0 Å². The van der Waals surface area contributed by atoms with Crippen molar-refractivity contribution in [3.8, 4) is 5.75 Å². The normalized spacial score (nSPS) is 15.9. The molecule has 3 aromatic carbocycles. The molecule has 0 saturated carbocycles. The first-order valence-electron chi connectivity index (χ1n) is 9.30. The van der Waals surface area contributed by atoms with E-state index in [0.717, 1.165) is 11.3 Å². The summed E-state index contributed by atoms with van der Waals surface area (Å²) in [6.45, 7) is 0. The van der Waals surface area contributed by atoms with Gasteiger partial charge in [0.25, 0.3) is 5.91 Å². The van der Waals surface area contributed by atoms with E-state index in [0.29, 0.717) is 17.2 Å². The molecule has 7 heteroatoms. The summed E-state index contributed by atoms with van der Waals surface area (Å²) in [5.41, 5.74) is 2.56. The van der Waals surface area contributed by atoms with E-state index in [2.05, 4.69) is 5.32 Å². The molecular formula is C23H19FN2O3S. The highest BCUT2D eigenvalue weighted by atomic mass is 32.2. The second-order valence-corrected chi connectivity index (χ2v) is 7.78. The maximum Gasteiger partial charge on any atom is 0.255 e. The predicted molar refractivity (Wildman–Crippen MR) is 116 cm³/mol. The lowest BCUT2D eigenvalue weighted by Crippen LogP contribution is -2.27. The highest BCUT2D eigenvalue weighted by Crippen LogP contribution is 2.42. The average Bonchev–Trinajstić information content (AvgIpc) is 3.15. The van der Waals surface area contributed by atoms with Gasteiger partial charge in [0.1, 0.15) is 16.9 Å². The third kappa shape index (κ3) is 4.16. The minimum atomic E-state index is -0.460. The van der Waals surface area contributed by atoms with Crippen LogP contribution in [0.1, 0.15) is 21.3 Å². The third-order valence-electron chi connectivity index (χ3n) is 4.74. The van der Waals surface area contributed by atoms with E-state index in [9.17, 15) is 14.0 Å². The van der Waals surface area contributed by atoms with E-state index in [1.165, 1.54) is 18.2 Å². The highest BCUT2D eigenvalue weighted by molar-refractivity contribution is 8.00. The zero-order valence-electron chi connectivity index (χ0n) is 16.2. The van der Waals surface area contributed by atoms with Crippen LogP contribution in [-0.4, -0.2) is 24.7 Å². The third-order valence-corrected chi connectivity index (χ3v) is 5.95. The summed E-state index contributed by atoms with van der Waals surface area (Å²) >= 11 is 1.54. The highest BCUT2D eigenvalue weighted by Gasteiger charge is 2.34. The van der Waals surface area contributed by atoms with Gasteiger partial charge in [0.15, 0.2) is 0 Å². The Hall–Kier alpha value is -3.32. The number of ether oxygens (including phenoxy) is 1. The number of thioether (sulfide) groups is 1. The molecule has 1 aliphatic heterocycles. The van der Waals surface area contributed by atoms with Crippen LogP contribution >= 0.6 is 11.8 Å². The standard InChI is InChI=1S/C23H19FN2O3S/c1-29-20-7-3-6-19(13-20)26-21(27)14-30-23(26)15-8-10-18(11-9-15)25-22(28)16-4-2-5-17(24)12-16/h2-13,23H,14H2,1H3,(H,25,28). The van der Waals surface area contributed by atoms with E-state index < -0.39 is 5.82 Å². The molecule has 2 amide bonds. The van der Waals surface area contributed by atoms with Crippen LogP contribution in [0, 0.1) is 5.82 Å². The summed E-state index contributed by atoms with van der Waals surface area (Å²) < 4.78 is 18.6. The minimum Gasteiger partial charge on any atom is -0.497 e. The summed E-state index contributed by atoms with van der Waals surface area (Å²) in [4.78, 5) is 26.6. The van der Waals surface area contributed by atoms with Crippen molar-refractivity contribution in [2.75, 3.05) is 23.1 Å². The molecule has 30 heavy (non-hydrogen) atoms. The number of hydrogen-bond acceptors (Lipinski definition) is 4. The Kier molecular flexibility index (Phi) is 5.72. The molecule has 1 saturated heterocycles. The molecule has 0 spiro atoms. The first-order valence-corrected chi connectivity index (χ1v) is 10.3. The molecule has 1 atom stereocenters. The number of benzene rings is 3. The van der Waals surface area contributed by atoms with Crippen LogP contribution < -0.4 is 15.0 Å². The maximum atomic E-state index is 13.3. The number of hydrogen-bond donors (Lipinski definition) is 1. The number of rotatable bonds is 5. The zero-order valence-corrected chi connectivity index (χ0v) is 17.0. The first-order chi connectivity index (χ1) is 14.5. The lowest BCUT2D eigenvalue weighted by Gasteiger charge is -2.25. The van der Waals surface area contributed by atoms with E-state index in [1.807, 2.05) is 36.4 Å². The largest absolute Gasteiger partial charge is 0.497 e. The Labute approximate surface area is 177 Å². The number of amides is 2. The number of halogens is 1. The van der Waals surface area contributed by atoms with Gasteiger partial charge in [-0.2, -0.15) is 0 Å². The molecule has 1 N–H and O–H groups in total. The van der Waals surface area contributed by atoms with E-state index >= 15 is 0 Å². The average molecular weight is 422 g/mol. The fourth-order valence-corrected chi connectivity index (χ4v) is 4.45. The molecule has 0 aromatic heterocycles. The Morgan fingerprint density at radius 1 is 1.10 bits per heavy atom. The summed E-state index contributed by atoms with van der Waals surface area (Å²) in [6.07, 6.45) is 0. The second-order valence-electron chi connectivity index (χ2n) is 6.72. The van der Waals surface area contributed by atoms with Crippen molar-refractivity contribution < 1.29 is 18.7 Å². The van der Waals surface area contributed by atoms with Gasteiger partial charge in [-0.15, -0.1) is 11.8 Å². The smallest absolute Gasteiger partial charge is 0.255 e. The van der Waals surface area contributed by atoms with Crippen LogP contribution in [-0.2, 0) is 4.79 Å². The Morgan fingerprint density at radius 3 is 2.60 bits per heavy atom. The Balaban J connectivity index is 1.52. The van der Waals surface area contributed by atoms with Gasteiger partial charge in [0.2, 0.25) is 5.91 Å². The van der Waals surface area contributed by atoms with Crippen LogP contribution in [0.15, 0.2) is 72.8 Å². The topological polar surface area (TPSA) is 58.6 Å². The zero-order chi connectivity index (χ0) is 21.1. The lowest BCUT2D eigenvalue weighted by molar-refractivity contribution is -0.115. The van der Waals surface area contributed by atoms with E-state index in [4.69, 9.17) is 4.74 Å². The van der Waals surface area contributed by atoms with Crippen LogP contribution in [0.2, 0.25) is 0 Å². The summed E-state index contributed by atoms with van der Waals surface area (Å²) in [6, 6.07) is 20.3. The van der Waals surface area contributed by atoms with Gasteiger partial charge in [0.05, 0.1) is 12.9 Å². The van der Waals surface area contributed by atoms with Crippen molar-refractivity contribution in [2.24, 2.45) is 0 Å². The molecular weight excluding hydrogens is 403 g/mol. The Bertz CT molecular complexity index is 1090. The number of methoxy groups -OCH3 is 1. The summed E-state index contributed by atoms with van der Waals surface area (Å²) in [7, 11) is 1.59. The van der Waals surface area contributed by atoms with E-state index in [1.54, 1.807) is 42.0 Å². The lowest BCUT2D eigenvalue weighted by atomic mass is 10.1. The summed E-state index contributed by atoms with van der Waals surface area (Å²) in [5.74, 6) is 0.261. The van der Waals surface area contributed by atoms with Crippen molar-refractivity contribution in [3.05, 3.63) is 89.7 Å². The molecule has 5 nitrogen and oxygen atoms in total. The van der Waals surface area contributed by atoms with Gasteiger partial charge in [-0.25, -0.2) is 4.39 Å². The van der Waals surface area contributed by atoms with Gasteiger partial charge >= 0.3 is 0 Å². The molecule has 4 rings (SSSR count). The molecule has 1 heterocycles. The van der Waals surface area contributed by atoms with Gasteiger partial charge < -0.3 is 10.1 Å². The van der Waals surface area contributed by atoms with E-state index in [-0.39, 0.29) is 22.8 Å². The molecule has 1 fully saturated rings. The molecule has 152 valence electrons. The van der Waals surface area contributed by atoms with Crippen molar-refractivity contribution >= 4 is 35.0 Å². The molecule has 0 bridgehead atoms. The van der Waals surface area contributed by atoms with Crippen LogP contribution in [0.5, 0.6) is 5.75 Å². The van der Waals surface area contributed by atoms with Gasteiger partial charge in [-0.3, -0.25) is 14.5 Å². The number of anilines is 2. The Morgan fingerprint density at radius 2 is 1.87 bits per heavy atom. The monoisotopic (exact) mass is 422 g/mol. The summed E-state index contributed by atoms with van der Waals surface area (Å²) in [5, 5.41) is 2.59. The van der Waals surface area contributed by atoms with Crippen LogP contribution in [0.4, 0.5) is 15.8 Å². The van der Waals surface area contributed by atoms with Gasteiger partial charge in [0, 0.05) is 23.0 Å². The number of nitrogens with zero attached hydrogens (tertiary/aromatic N) is 1. The SMILES string of the molecule is COc1cccc(N2C(=O)CSC2c2ccc(NC(=O)c3cccc(F)c3)cc2)c1. The van der Waals surface area contributed by atoms with Gasteiger partial charge in [-0.05, 0) is 48.0 Å².